The van der Waals surface area contributed by atoms with Gasteiger partial charge in [0.1, 0.15) is 6.61 Å². The predicted octanol–water partition coefficient (Wildman–Crippen LogP) is 1.60. The van der Waals surface area contributed by atoms with E-state index in [2.05, 4.69) is 4.74 Å². The van der Waals surface area contributed by atoms with Crippen LogP contribution in [-0.2, 0) is 19.6 Å². The van der Waals surface area contributed by atoms with Crippen LogP contribution in [0.3, 0.4) is 0 Å². The molecule has 0 aliphatic heterocycles. The van der Waals surface area contributed by atoms with Crippen molar-refractivity contribution in [3.05, 3.63) is 0 Å². The average Bonchev–Trinajstić information content (AvgIpc) is 2.13. The van der Waals surface area contributed by atoms with Gasteiger partial charge in [-0.2, -0.15) is 30.4 Å². The number of esters is 1. The first-order chi connectivity index (χ1) is 7.84. The number of ether oxygens (including phenoxy) is 1. The van der Waals surface area contributed by atoms with E-state index in [-0.39, 0.29) is 6.42 Å². The molecule has 0 rings (SSSR count). The molecule has 0 fully saturated rings. The first kappa shape index (κ1) is 17.0. The quantitative estimate of drug-likeness (QED) is 0.474. The highest BCUT2D eigenvalue weighted by molar-refractivity contribution is 7.86. The van der Waals surface area contributed by atoms with Gasteiger partial charge in [-0.3, -0.25) is 9.35 Å². The number of rotatable bonds is 5. The number of carbonyl (C=O) groups is 1. The second-order valence-corrected chi connectivity index (χ2v) is 4.66. The second-order valence-electron chi connectivity index (χ2n) is 3.17. The molecule has 0 spiro atoms. The van der Waals surface area contributed by atoms with Crippen molar-refractivity contribution in [3.63, 3.8) is 0 Å². The summed E-state index contributed by atoms with van der Waals surface area (Å²) in [5.74, 6) is -5.05. The van der Waals surface area contributed by atoms with E-state index in [9.17, 15) is 35.2 Å². The van der Waals surface area contributed by atoms with Gasteiger partial charge in [0.05, 0.1) is 0 Å². The predicted molar refractivity (Wildman–Crippen MR) is 47.3 cm³/mol. The molecule has 11 heteroatoms. The van der Waals surface area contributed by atoms with Crippen LogP contribution < -0.4 is 0 Å². The Balaban J connectivity index is 5.21. The molecule has 0 aromatic heterocycles. The molecule has 108 valence electrons. The minimum absolute atomic E-state index is 0.373. The number of hydrogen-bond donors (Lipinski definition) is 1. The first-order valence-corrected chi connectivity index (χ1v) is 5.85. The van der Waals surface area contributed by atoms with Crippen molar-refractivity contribution in [1.29, 1.82) is 0 Å². The van der Waals surface area contributed by atoms with E-state index < -0.39 is 40.0 Å². The van der Waals surface area contributed by atoms with Gasteiger partial charge < -0.3 is 4.74 Å². The van der Waals surface area contributed by atoms with Crippen LogP contribution in [0.5, 0.6) is 0 Å². The van der Waals surface area contributed by atoms with E-state index in [4.69, 9.17) is 4.55 Å². The van der Waals surface area contributed by atoms with E-state index in [1.807, 2.05) is 0 Å². The van der Waals surface area contributed by atoms with Crippen molar-refractivity contribution in [1.82, 2.24) is 0 Å². The normalized spacial score (nSPS) is 15.3. The smallest absolute Gasteiger partial charge is 0.402 e. The molecule has 0 aliphatic carbocycles. The SMILES string of the molecule is CCC(=O)OCC(C(F)(F)F)C(F)(F)S(=O)(=O)O. The average molecular weight is 300 g/mol. The standard InChI is InChI=1S/C7H9F5O5S/c1-2-5(13)17-3-4(6(8,9)10)7(11,12)18(14,15)16/h4H,2-3H2,1H3,(H,14,15,16). The molecule has 0 amide bonds. The molecule has 5 nitrogen and oxygen atoms in total. The van der Waals surface area contributed by atoms with Gasteiger partial charge >= 0.3 is 27.5 Å². The lowest BCUT2D eigenvalue weighted by Gasteiger charge is -2.25. The van der Waals surface area contributed by atoms with Crippen molar-refractivity contribution in [2.45, 2.75) is 24.8 Å². The number of carbonyl (C=O) groups excluding carboxylic acids is 1. The molecule has 0 heterocycles. The van der Waals surface area contributed by atoms with Gasteiger partial charge in [0.25, 0.3) is 0 Å². The number of hydrogen-bond acceptors (Lipinski definition) is 4. The van der Waals surface area contributed by atoms with E-state index in [1.54, 1.807) is 0 Å². The van der Waals surface area contributed by atoms with Crippen molar-refractivity contribution in [2.24, 2.45) is 5.92 Å². The Labute approximate surface area is 98.7 Å². The third kappa shape index (κ3) is 4.05. The summed E-state index contributed by atoms with van der Waals surface area (Å²) in [4.78, 5) is 10.6. The van der Waals surface area contributed by atoms with E-state index >= 15 is 0 Å². The van der Waals surface area contributed by atoms with Crippen LogP contribution >= 0.6 is 0 Å². The molecular formula is C7H9F5O5S. The van der Waals surface area contributed by atoms with Crippen LogP contribution in [0.2, 0.25) is 0 Å². The summed E-state index contributed by atoms with van der Waals surface area (Å²) in [5, 5.41) is -5.50. The summed E-state index contributed by atoms with van der Waals surface area (Å²) in [7, 11) is -6.28. The summed E-state index contributed by atoms with van der Waals surface area (Å²) in [6, 6.07) is 0. The zero-order valence-corrected chi connectivity index (χ0v) is 9.69. The van der Waals surface area contributed by atoms with Crippen molar-refractivity contribution >= 4 is 16.1 Å². The van der Waals surface area contributed by atoms with Crippen molar-refractivity contribution < 1.29 is 44.5 Å². The van der Waals surface area contributed by atoms with Crippen LogP contribution in [-0.4, -0.2) is 37.0 Å². The van der Waals surface area contributed by atoms with E-state index in [1.165, 1.54) is 6.92 Å². The fourth-order valence-corrected chi connectivity index (χ4v) is 1.40. The number of alkyl halides is 5. The monoisotopic (exact) mass is 300 g/mol. The molecule has 0 aromatic rings. The molecule has 0 saturated carbocycles. The van der Waals surface area contributed by atoms with Crippen LogP contribution in [0.4, 0.5) is 22.0 Å². The Morgan fingerprint density at radius 1 is 1.28 bits per heavy atom. The van der Waals surface area contributed by atoms with E-state index in [0.717, 1.165) is 0 Å². The van der Waals surface area contributed by atoms with Crippen LogP contribution in [0.15, 0.2) is 0 Å². The Kier molecular flexibility index (Phi) is 5.06. The molecule has 0 aromatic carbocycles. The molecule has 0 bridgehead atoms. The van der Waals surface area contributed by atoms with Gasteiger partial charge in [-0.1, -0.05) is 6.92 Å². The maximum atomic E-state index is 12.9. The van der Waals surface area contributed by atoms with Crippen molar-refractivity contribution in [3.8, 4) is 0 Å². The van der Waals surface area contributed by atoms with Gasteiger partial charge in [-0.25, -0.2) is 0 Å². The van der Waals surface area contributed by atoms with Gasteiger partial charge in [0.15, 0.2) is 5.92 Å². The zero-order chi connectivity index (χ0) is 14.8. The highest BCUT2D eigenvalue weighted by atomic mass is 32.2. The summed E-state index contributed by atoms with van der Waals surface area (Å²) in [6.45, 7) is -0.700. The molecule has 1 N–H and O–H groups in total. The lowest BCUT2D eigenvalue weighted by molar-refractivity contribution is -0.231. The largest absolute Gasteiger partial charge is 0.465 e. The molecule has 1 atom stereocenters. The summed E-state index contributed by atoms with van der Waals surface area (Å²) in [5.41, 5.74) is 0. The van der Waals surface area contributed by atoms with E-state index in [0.29, 0.717) is 0 Å². The minimum atomic E-state index is -6.28. The zero-order valence-electron chi connectivity index (χ0n) is 8.87. The van der Waals surface area contributed by atoms with Gasteiger partial charge in [0.2, 0.25) is 0 Å². The number of halogens is 5. The van der Waals surface area contributed by atoms with Gasteiger partial charge in [0, 0.05) is 6.42 Å². The summed E-state index contributed by atoms with van der Waals surface area (Å²) in [6.07, 6.45) is -6.05. The van der Waals surface area contributed by atoms with Gasteiger partial charge in [-0.05, 0) is 0 Å². The fourth-order valence-electron chi connectivity index (χ4n) is 0.840. The Bertz CT molecular complexity index is 401. The summed E-state index contributed by atoms with van der Waals surface area (Å²) < 4.78 is 94.9. The molecule has 0 radical (unpaired) electrons. The first-order valence-electron chi connectivity index (χ1n) is 4.41. The highest BCUT2D eigenvalue weighted by Gasteiger charge is 2.63. The minimum Gasteiger partial charge on any atom is -0.465 e. The molecule has 18 heavy (non-hydrogen) atoms. The highest BCUT2D eigenvalue weighted by Crippen LogP contribution is 2.41. The lowest BCUT2D eigenvalue weighted by atomic mass is 10.1. The molecule has 0 saturated heterocycles. The third-order valence-corrected chi connectivity index (χ3v) is 2.82. The second kappa shape index (κ2) is 5.34. The summed E-state index contributed by atoms with van der Waals surface area (Å²) >= 11 is 0. The molecule has 1 unspecified atom stereocenters. The van der Waals surface area contributed by atoms with Crippen LogP contribution in [0, 0.1) is 5.92 Å². The molecule has 0 aliphatic rings. The van der Waals surface area contributed by atoms with Crippen LogP contribution in [0.1, 0.15) is 13.3 Å². The van der Waals surface area contributed by atoms with Gasteiger partial charge in [-0.15, -0.1) is 0 Å². The fraction of sp³-hybridized carbons (Fsp3) is 0.857. The maximum Gasteiger partial charge on any atom is 0.402 e. The van der Waals surface area contributed by atoms with Crippen LogP contribution in [0.25, 0.3) is 0 Å². The Hall–Kier alpha value is -0.970. The topological polar surface area (TPSA) is 80.7 Å². The molecular weight excluding hydrogens is 291 g/mol. The van der Waals surface area contributed by atoms with Crippen molar-refractivity contribution in [2.75, 3.05) is 6.61 Å². The third-order valence-electron chi connectivity index (χ3n) is 1.84. The Morgan fingerprint density at radius 3 is 2.00 bits per heavy atom. The lowest BCUT2D eigenvalue weighted by Crippen LogP contribution is -2.47. The Morgan fingerprint density at radius 2 is 1.72 bits per heavy atom. The maximum absolute atomic E-state index is 12.9.